The van der Waals surface area contributed by atoms with Crippen molar-refractivity contribution in [2.24, 2.45) is 0 Å². The Bertz CT molecular complexity index is 336. The molecule has 1 amide bonds. The van der Waals surface area contributed by atoms with Crippen LogP contribution in [0.25, 0.3) is 0 Å². The lowest BCUT2D eigenvalue weighted by Gasteiger charge is -2.25. The predicted octanol–water partition coefficient (Wildman–Crippen LogP) is 0.621. The molecule has 0 aliphatic heterocycles. The molecule has 0 heterocycles. The van der Waals surface area contributed by atoms with Gasteiger partial charge >= 0.3 is 0 Å². The molecule has 1 aromatic rings. The smallest absolute Gasteiger partial charge is 0.227 e. The number of amides is 1. The number of hydrogen-bond acceptors (Lipinski definition) is 3. The van der Waals surface area contributed by atoms with Crippen LogP contribution in [-0.4, -0.2) is 23.4 Å². The summed E-state index contributed by atoms with van der Waals surface area (Å²) in [7, 11) is 0. The SMILES string of the molecule is CCNC(C)(O)NC(=O)Cc1ccccc1. The minimum Gasteiger partial charge on any atom is -0.359 e. The fourth-order valence-corrected chi connectivity index (χ4v) is 1.49. The van der Waals surface area contributed by atoms with Crippen molar-refractivity contribution in [3.8, 4) is 0 Å². The highest BCUT2D eigenvalue weighted by Gasteiger charge is 2.20. The third-order valence-electron chi connectivity index (χ3n) is 2.11. The second-order valence-corrected chi connectivity index (χ2v) is 3.81. The lowest BCUT2D eigenvalue weighted by atomic mass is 10.1. The van der Waals surface area contributed by atoms with E-state index in [0.717, 1.165) is 5.56 Å². The van der Waals surface area contributed by atoms with Crippen molar-refractivity contribution >= 4 is 5.91 Å². The molecule has 1 aromatic carbocycles. The summed E-state index contributed by atoms with van der Waals surface area (Å²) in [5, 5.41) is 15.0. The van der Waals surface area contributed by atoms with Crippen LogP contribution in [0.2, 0.25) is 0 Å². The van der Waals surface area contributed by atoms with Crippen LogP contribution < -0.4 is 10.6 Å². The van der Waals surface area contributed by atoms with E-state index in [0.29, 0.717) is 6.54 Å². The number of carbonyl (C=O) groups excluding carboxylic acids is 1. The summed E-state index contributed by atoms with van der Waals surface area (Å²) in [5.41, 5.74) is 0.923. The van der Waals surface area contributed by atoms with Crippen LogP contribution in [0, 0.1) is 0 Å². The number of aliphatic hydroxyl groups is 1. The van der Waals surface area contributed by atoms with E-state index >= 15 is 0 Å². The molecule has 0 spiro atoms. The van der Waals surface area contributed by atoms with Crippen molar-refractivity contribution in [3.05, 3.63) is 35.9 Å². The highest BCUT2D eigenvalue weighted by molar-refractivity contribution is 5.79. The molecule has 0 aromatic heterocycles. The Balaban J connectivity index is 2.48. The number of nitrogens with one attached hydrogen (secondary N) is 2. The van der Waals surface area contributed by atoms with Crippen LogP contribution in [0.15, 0.2) is 30.3 Å². The average molecular weight is 222 g/mol. The molecule has 0 aliphatic rings. The van der Waals surface area contributed by atoms with Gasteiger partial charge in [0.2, 0.25) is 5.91 Å². The van der Waals surface area contributed by atoms with Gasteiger partial charge < -0.3 is 10.4 Å². The molecule has 0 saturated heterocycles. The van der Waals surface area contributed by atoms with Gasteiger partial charge in [-0.2, -0.15) is 0 Å². The van der Waals surface area contributed by atoms with E-state index in [9.17, 15) is 9.90 Å². The summed E-state index contributed by atoms with van der Waals surface area (Å²) >= 11 is 0. The Labute approximate surface area is 95.7 Å². The summed E-state index contributed by atoms with van der Waals surface area (Å²) in [6.07, 6.45) is 0.266. The van der Waals surface area contributed by atoms with Crippen molar-refractivity contribution in [2.75, 3.05) is 6.54 Å². The lowest BCUT2D eigenvalue weighted by Crippen LogP contribution is -2.56. The van der Waals surface area contributed by atoms with E-state index in [1.54, 1.807) is 0 Å². The summed E-state index contributed by atoms with van der Waals surface area (Å²) < 4.78 is 0. The van der Waals surface area contributed by atoms with Crippen LogP contribution in [-0.2, 0) is 11.2 Å². The second-order valence-electron chi connectivity index (χ2n) is 3.81. The molecule has 1 unspecified atom stereocenters. The van der Waals surface area contributed by atoms with Gasteiger partial charge in [-0.05, 0) is 19.0 Å². The van der Waals surface area contributed by atoms with Gasteiger partial charge in [-0.25, -0.2) is 0 Å². The zero-order chi connectivity index (χ0) is 12.0. The normalized spacial score (nSPS) is 14.2. The topological polar surface area (TPSA) is 61.4 Å². The molecule has 0 saturated carbocycles. The van der Waals surface area contributed by atoms with Gasteiger partial charge in [-0.3, -0.25) is 10.1 Å². The van der Waals surface area contributed by atoms with E-state index in [4.69, 9.17) is 0 Å². The molecule has 4 heteroatoms. The quantitative estimate of drug-likeness (QED) is 0.640. The van der Waals surface area contributed by atoms with Crippen LogP contribution >= 0.6 is 0 Å². The first-order chi connectivity index (χ1) is 7.53. The number of carbonyl (C=O) groups is 1. The van der Waals surface area contributed by atoms with Gasteiger partial charge in [-0.15, -0.1) is 0 Å². The molecule has 0 bridgehead atoms. The first-order valence-corrected chi connectivity index (χ1v) is 5.36. The molecule has 1 atom stereocenters. The maximum atomic E-state index is 11.6. The fraction of sp³-hybridized carbons (Fsp3) is 0.417. The van der Waals surface area contributed by atoms with Gasteiger partial charge in [0.15, 0.2) is 5.85 Å². The largest absolute Gasteiger partial charge is 0.359 e. The Hall–Kier alpha value is -1.39. The Kier molecular flexibility index (Phi) is 4.46. The number of benzene rings is 1. The Morgan fingerprint density at radius 2 is 2.00 bits per heavy atom. The maximum absolute atomic E-state index is 11.6. The monoisotopic (exact) mass is 222 g/mol. The third-order valence-corrected chi connectivity index (χ3v) is 2.11. The molecular formula is C12H18N2O2. The summed E-state index contributed by atoms with van der Waals surface area (Å²) in [6.45, 7) is 3.95. The predicted molar refractivity (Wildman–Crippen MR) is 62.6 cm³/mol. The van der Waals surface area contributed by atoms with Crippen molar-refractivity contribution in [1.82, 2.24) is 10.6 Å². The third kappa shape index (κ3) is 4.42. The van der Waals surface area contributed by atoms with Crippen LogP contribution in [0.3, 0.4) is 0 Å². The lowest BCUT2D eigenvalue weighted by molar-refractivity contribution is -0.129. The van der Waals surface area contributed by atoms with Crippen LogP contribution in [0.1, 0.15) is 19.4 Å². The molecule has 0 aliphatic carbocycles. The maximum Gasteiger partial charge on any atom is 0.227 e. The van der Waals surface area contributed by atoms with Crippen molar-refractivity contribution in [3.63, 3.8) is 0 Å². The van der Waals surface area contributed by atoms with E-state index < -0.39 is 5.85 Å². The van der Waals surface area contributed by atoms with E-state index in [1.807, 2.05) is 37.3 Å². The molecular weight excluding hydrogens is 204 g/mol. The Morgan fingerprint density at radius 3 is 2.56 bits per heavy atom. The molecule has 1 rings (SSSR count). The number of rotatable bonds is 5. The molecule has 88 valence electrons. The minimum absolute atomic E-state index is 0.211. The summed E-state index contributed by atoms with van der Waals surface area (Å²) in [6, 6.07) is 9.41. The van der Waals surface area contributed by atoms with Crippen LogP contribution in [0.4, 0.5) is 0 Å². The molecule has 0 radical (unpaired) electrons. The highest BCUT2D eigenvalue weighted by atomic mass is 16.3. The van der Waals surface area contributed by atoms with Crippen molar-refractivity contribution in [2.45, 2.75) is 26.1 Å². The zero-order valence-corrected chi connectivity index (χ0v) is 9.66. The first-order valence-electron chi connectivity index (χ1n) is 5.36. The molecule has 3 N–H and O–H groups in total. The first kappa shape index (κ1) is 12.7. The van der Waals surface area contributed by atoms with Crippen molar-refractivity contribution < 1.29 is 9.90 Å². The van der Waals surface area contributed by atoms with Gasteiger partial charge in [0, 0.05) is 0 Å². The average Bonchev–Trinajstić information content (AvgIpc) is 2.17. The molecule has 4 nitrogen and oxygen atoms in total. The standard InChI is InChI=1S/C12H18N2O2/c1-3-13-12(2,16)14-11(15)9-10-7-5-4-6-8-10/h4-8,13,16H,3,9H2,1-2H3,(H,14,15). The van der Waals surface area contributed by atoms with Gasteiger partial charge in [0.05, 0.1) is 6.42 Å². The Morgan fingerprint density at radius 1 is 1.38 bits per heavy atom. The van der Waals surface area contributed by atoms with Gasteiger partial charge in [-0.1, -0.05) is 37.3 Å². The van der Waals surface area contributed by atoms with Gasteiger partial charge in [0.25, 0.3) is 0 Å². The highest BCUT2D eigenvalue weighted by Crippen LogP contribution is 2.00. The molecule has 16 heavy (non-hydrogen) atoms. The minimum atomic E-state index is -1.35. The van der Waals surface area contributed by atoms with E-state index in [2.05, 4.69) is 10.6 Å². The van der Waals surface area contributed by atoms with Gasteiger partial charge in [0.1, 0.15) is 0 Å². The summed E-state index contributed by atoms with van der Waals surface area (Å²) in [4.78, 5) is 11.6. The van der Waals surface area contributed by atoms with E-state index in [1.165, 1.54) is 6.92 Å². The second kappa shape index (κ2) is 5.63. The molecule has 0 fully saturated rings. The van der Waals surface area contributed by atoms with Crippen LogP contribution in [0.5, 0.6) is 0 Å². The fourth-order valence-electron chi connectivity index (χ4n) is 1.49. The van der Waals surface area contributed by atoms with E-state index in [-0.39, 0.29) is 12.3 Å². The summed E-state index contributed by atoms with van der Waals surface area (Å²) in [5.74, 6) is -1.56. The zero-order valence-electron chi connectivity index (χ0n) is 9.66. The number of hydrogen-bond donors (Lipinski definition) is 3. The van der Waals surface area contributed by atoms with Crippen molar-refractivity contribution in [1.29, 1.82) is 0 Å².